The molecule has 0 aliphatic rings. The average Bonchev–Trinajstić information content (AvgIpc) is 3.05. The molecule has 4 nitrogen and oxygen atoms in total. The minimum atomic E-state index is -0.125. The molecule has 0 saturated heterocycles. The third kappa shape index (κ3) is 3.51. The fourth-order valence-corrected chi connectivity index (χ4v) is 3.90. The molecule has 0 aliphatic carbocycles. The van der Waals surface area contributed by atoms with Crippen molar-refractivity contribution in [2.45, 2.75) is 27.7 Å². The lowest BCUT2D eigenvalue weighted by Crippen LogP contribution is -2.21. The van der Waals surface area contributed by atoms with E-state index in [0.29, 0.717) is 10.7 Å². The molecule has 1 aromatic heterocycles. The second-order valence-electron chi connectivity index (χ2n) is 6.07. The van der Waals surface area contributed by atoms with Crippen LogP contribution in [0.2, 0.25) is 0 Å². The van der Waals surface area contributed by atoms with Crippen molar-refractivity contribution >= 4 is 38.3 Å². The minimum absolute atomic E-state index is 0.125. The first-order valence-electron chi connectivity index (χ1n) is 8.56. The molecular formula is C20H23N3OS. The molecule has 1 N–H and O–H groups in total. The zero-order valence-corrected chi connectivity index (χ0v) is 15.9. The van der Waals surface area contributed by atoms with Gasteiger partial charge in [0.15, 0.2) is 5.13 Å². The highest BCUT2D eigenvalue weighted by atomic mass is 32.1. The predicted molar refractivity (Wildman–Crippen MR) is 107 cm³/mol. The van der Waals surface area contributed by atoms with Crippen molar-refractivity contribution in [2.24, 2.45) is 0 Å². The van der Waals surface area contributed by atoms with Crippen LogP contribution in [0.15, 0.2) is 36.4 Å². The maximum atomic E-state index is 12.5. The summed E-state index contributed by atoms with van der Waals surface area (Å²) in [6, 6.07) is 11.9. The summed E-state index contributed by atoms with van der Waals surface area (Å²) in [4.78, 5) is 19.4. The summed E-state index contributed by atoms with van der Waals surface area (Å²) in [6.07, 6.45) is 0. The van der Waals surface area contributed by atoms with Gasteiger partial charge in [0.1, 0.15) is 0 Å². The Balaban J connectivity index is 1.80. The molecule has 0 fully saturated rings. The van der Waals surface area contributed by atoms with Gasteiger partial charge in [-0.1, -0.05) is 23.5 Å². The van der Waals surface area contributed by atoms with Crippen LogP contribution in [0.1, 0.15) is 35.3 Å². The van der Waals surface area contributed by atoms with Gasteiger partial charge >= 0.3 is 0 Å². The molecular weight excluding hydrogens is 330 g/mol. The number of hydrogen-bond donors (Lipinski definition) is 1. The van der Waals surface area contributed by atoms with Crippen LogP contribution in [0.4, 0.5) is 10.8 Å². The summed E-state index contributed by atoms with van der Waals surface area (Å²) in [5.41, 5.74) is 5.05. The van der Waals surface area contributed by atoms with Crippen LogP contribution < -0.4 is 10.2 Å². The van der Waals surface area contributed by atoms with Crippen LogP contribution in [0.5, 0.6) is 0 Å². The smallest absolute Gasteiger partial charge is 0.257 e. The number of hydrogen-bond acceptors (Lipinski definition) is 4. The first-order valence-corrected chi connectivity index (χ1v) is 9.38. The predicted octanol–water partition coefficient (Wildman–Crippen LogP) is 5.01. The summed E-state index contributed by atoms with van der Waals surface area (Å²) in [5.74, 6) is -0.125. The Hall–Kier alpha value is -2.40. The van der Waals surface area contributed by atoms with E-state index in [1.165, 1.54) is 16.9 Å². The largest absolute Gasteiger partial charge is 0.372 e. The summed E-state index contributed by atoms with van der Waals surface area (Å²) in [7, 11) is 0. The van der Waals surface area contributed by atoms with Gasteiger partial charge in [0, 0.05) is 24.3 Å². The molecule has 1 heterocycles. The van der Waals surface area contributed by atoms with E-state index in [0.717, 1.165) is 34.6 Å². The van der Waals surface area contributed by atoms with Gasteiger partial charge in [-0.25, -0.2) is 4.98 Å². The van der Waals surface area contributed by atoms with Gasteiger partial charge in [-0.05, 0) is 63.1 Å². The van der Waals surface area contributed by atoms with Crippen molar-refractivity contribution in [3.8, 4) is 0 Å². The van der Waals surface area contributed by atoms with Crippen molar-refractivity contribution in [1.29, 1.82) is 0 Å². The van der Waals surface area contributed by atoms with Gasteiger partial charge in [-0.2, -0.15) is 0 Å². The summed E-state index contributed by atoms with van der Waals surface area (Å²) in [5, 5.41) is 3.58. The number of aromatic nitrogens is 1. The maximum Gasteiger partial charge on any atom is 0.257 e. The molecule has 0 atom stereocenters. The van der Waals surface area contributed by atoms with Crippen molar-refractivity contribution in [3.05, 3.63) is 53.1 Å². The lowest BCUT2D eigenvalue weighted by atomic mass is 10.1. The highest BCUT2D eigenvalue weighted by molar-refractivity contribution is 7.22. The molecule has 1 amide bonds. The average molecular weight is 353 g/mol. The van der Waals surface area contributed by atoms with E-state index in [1.54, 1.807) is 0 Å². The van der Waals surface area contributed by atoms with Crippen LogP contribution in [-0.4, -0.2) is 24.0 Å². The number of rotatable bonds is 5. The monoisotopic (exact) mass is 353 g/mol. The van der Waals surface area contributed by atoms with Gasteiger partial charge in [-0.15, -0.1) is 0 Å². The molecule has 130 valence electrons. The number of anilines is 2. The van der Waals surface area contributed by atoms with Gasteiger partial charge in [-0.3, -0.25) is 10.1 Å². The van der Waals surface area contributed by atoms with Crippen LogP contribution in [-0.2, 0) is 0 Å². The van der Waals surface area contributed by atoms with E-state index in [1.807, 2.05) is 31.2 Å². The van der Waals surface area contributed by atoms with Gasteiger partial charge < -0.3 is 4.90 Å². The number of thiazole rings is 1. The molecule has 25 heavy (non-hydrogen) atoms. The zero-order valence-electron chi connectivity index (χ0n) is 15.1. The normalized spacial score (nSPS) is 10.9. The second-order valence-corrected chi connectivity index (χ2v) is 7.07. The van der Waals surface area contributed by atoms with E-state index in [-0.39, 0.29) is 5.91 Å². The third-order valence-electron chi connectivity index (χ3n) is 4.42. The van der Waals surface area contributed by atoms with E-state index in [4.69, 9.17) is 0 Å². The Bertz CT molecular complexity index is 856. The Morgan fingerprint density at radius 1 is 1.04 bits per heavy atom. The maximum absolute atomic E-state index is 12.5. The lowest BCUT2D eigenvalue weighted by molar-refractivity contribution is 0.102. The molecule has 5 heteroatoms. The zero-order chi connectivity index (χ0) is 18.0. The Kier molecular flexibility index (Phi) is 5.04. The standard InChI is InChI=1S/C20H23N3OS/c1-5-23(6-2)16-11-9-15(10-12-16)19(24)22-20-21-17-13(3)7-8-14(4)18(17)25-20/h7-12H,5-6H2,1-4H3,(H,21,22,24). The molecule has 0 unspecified atom stereocenters. The Labute approximate surface area is 152 Å². The molecule has 2 aromatic carbocycles. The number of benzene rings is 2. The molecule has 0 bridgehead atoms. The van der Waals surface area contributed by atoms with Crippen molar-refractivity contribution in [3.63, 3.8) is 0 Å². The second kappa shape index (κ2) is 7.23. The SMILES string of the molecule is CCN(CC)c1ccc(C(=O)Nc2nc3c(C)ccc(C)c3s2)cc1. The number of carbonyl (C=O) groups excluding carboxylic acids is 1. The van der Waals surface area contributed by atoms with Crippen LogP contribution >= 0.6 is 11.3 Å². The van der Waals surface area contributed by atoms with E-state index < -0.39 is 0 Å². The minimum Gasteiger partial charge on any atom is -0.372 e. The molecule has 0 spiro atoms. The van der Waals surface area contributed by atoms with Crippen molar-refractivity contribution in [1.82, 2.24) is 4.98 Å². The van der Waals surface area contributed by atoms with Gasteiger partial charge in [0.2, 0.25) is 0 Å². The quantitative estimate of drug-likeness (QED) is 0.701. The first-order chi connectivity index (χ1) is 12.0. The molecule has 0 aliphatic heterocycles. The lowest BCUT2D eigenvalue weighted by Gasteiger charge is -2.20. The van der Waals surface area contributed by atoms with E-state index in [9.17, 15) is 4.79 Å². The van der Waals surface area contributed by atoms with Crippen LogP contribution in [0.3, 0.4) is 0 Å². The number of nitrogens with one attached hydrogen (secondary N) is 1. The van der Waals surface area contributed by atoms with E-state index in [2.05, 4.69) is 48.1 Å². The number of aryl methyl sites for hydroxylation is 2. The third-order valence-corrected chi connectivity index (χ3v) is 5.53. The highest BCUT2D eigenvalue weighted by Gasteiger charge is 2.13. The fraction of sp³-hybridized carbons (Fsp3) is 0.300. The highest BCUT2D eigenvalue weighted by Crippen LogP contribution is 2.31. The fourth-order valence-electron chi connectivity index (χ4n) is 2.89. The van der Waals surface area contributed by atoms with Crippen molar-refractivity contribution < 1.29 is 4.79 Å². The van der Waals surface area contributed by atoms with Crippen molar-refractivity contribution in [2.75, 3.05) is 23.3 Å². The molecule has 0 radical (unpaired) electrons. The number of nitrogens with zero attached hydrogens (tertiary/aromatic N) is 2. The van der Waals surface area contributed by atoms with E-state index >= 15 is 0 Å². The van der Waals surface area contributed by atoms with Crippen LogP contribution in [0, 0.1) is 13.8 Å². The van der Waals surface area contributed by atoms with Gasteiger partial charge in [0.25, 0.3) is 5.91 Å². The summed E-state index contributed by atoms with van der Waals surface area (Å²) >= 11 is 1.53. The topological polar surface area (TPSA) is 45.2 Å². The van der Waals surface area contributed by atoms with Gasteiger partial charge in [0.05, 0.1) is 10.2 Å². The summed E-state index contributed by atoms with van der Waals surface area (Å²) < 4.78 is 1.13. The number of carbonyl (C=O) groups is 1. The molecule has 0 saturated carbocycles. The number of amides is 1. The summed E-state index contributed by atoms with van der Waals surface area (Å²) in [6.45, 7) is 10.3. The Morgan fingerprint density at radius 3 is 2.28 bits per heavy atom. The first kappa shape index (κ1) is 17.4. The van der Waals surface area contributed by atoms with Crippen LogP contribution in [0.25, 0.3) is 10.2 Å². The number of fused-ring (bicyclic) bond motifs is 1. The molecule has 3 rings (SSSR count). The molecule has 3 aromatic rings. The Morgan fingerprint density at radius 2 is 1.68 bits per heavy atom.